The lowest BCUT2D eigenvalue weighted by Crippen LogP contribution is -2.34. The molecule has 1 N–H and O–H groups in total. The van der Waals surface area contributed by atoms with Crippen LogP contribution >= 0.6 is 0 Å². The van der Waals surface area contributed by atoms with Crippen molar-refractivity contribution in [3.63, 3.8) is 0 Å². The first kappa shape index (κ1) is 20.5. The fourth-order valence-corrected chi connectivity index (χ4v) is 2.75. The van der Waals surface area contributed by atoms with Crippen LogP contribution in [-0.2, 0) is 11.0 Å². The van der Waals surface area contributed by atoms with Crippen molar-refractivity contribution in [2.75, 3.05) is 6.54 Å². The third-order valence-electron chi connectivity index (χ3n) is 4.55. The van der Waals surface area contributed by atoms with E-state index in [1.54, 1.807) is 6.92 Å². The predicted molar refractivity (Wildman–Crippen MR) is 101 cm³/mol. The lowest BCUT2D eigenvalue weighted by Gasteiger charge is -2.15. The molecule has 2 unspecified atom stereocenters. The molecule has 0 fully saturated rings. The molecule has 0 spiro atoms. The molecule has 1 aromatic heterocycles. The molecule has 1 heterocycles. The summed E-state index contributed by atoms with van der Waals surface area (Å²) < 4.78 is 38.6. The van der Waals surface area contributed by atoms with Gasteiger partial charge >= 0.3 is 6.18 Å². The Morgan fingerprint density at radius 3 is 2.52 bits per heavy atom. The Hall–Kier alpha value is -3.23. The highest BCUT2D eigenvalue weighted by Gasteiger charge is 2.31. The number of halogens is 3. The van der Waals surface area contributed by atoms with E-state index in [0.29, 0.717) is 6.54 Å². The Balaban J connectivity index is 1.66. The number of nitrogens with zero attached hydrogens (tertiary/aromatic N) is 4. The SMILES string of the molecule is CC(CNC(=O)C(C)n1nnc(-c2cccc(C(F)(F)F)c2)n1)c1ccccc1. The van der Waals surface area contributed by atoms with Gasteiger partial charge in [-0.25, -0.2) is 0 Å². The van der Waals surface area contributed by atoms with Gasteiger partial charge in [-0.1, -0.05) is 49.4 Å². The van der Waals surface area contributed by atoms with Crippen molar-refractivity contribution in [3.05, 3.63) is 65.7 Å². The van der Waals surface area contributed by atoms with Gasteiger partial charge < -0.3 is 5.32 Å². The summed E-state index contributed by atoms with van der Waals surface area (Å²) in [6.07, 6.45) is -4.46. The fraction of sp³-hybridized carbons (Fsp3) is 0.300. The third kappa shape index (κ3) is 4.98. The standard InChI is InChI=1S/C20H20F3N5O/c1-13(15-7-4-3-5-8-15)12-24-19(29)14(2)28-26-18(25-27-28)16-9-6-10-17(11-16)20(21,22)23/h3-11,13-14H,12H2,1-2H3,(H,24,29). The maximum atomic E-state index is 12.9. The molecule has 2 atom stereocenters. The molecular weight excluding hydrogens is 383 g/mol. The van der Waals surface area contributed by atoms with Crippen LogP contribution in [0.3, 0.4) is 0 Å². The summed E-state index contributed by atoms with van der Waals surface area (Å²) in [6.45, 7) is 4.03. The number of benzene rings is 2. The van der Waals surface area contributed by atoms with Crippen LogP contribution in [-0.4, -0.2) is 32.7 Å². The Labute approximate surface area is 165 Å². The normalized spacial score (nSPS) is 13.7. The number of hydrogen-bond acceptors (Lipinski definition) is 4. The maximum Gasteiger partial charge on any atom is 0.416 e. The van der Waals surface area contributed by atoms with Gasteiger partial charge in [-0.3, -0.25) is 4.79 Å². The zero-order valence-corrected chi connectivity index (χ0v) is 15.9. The Bertz CT molecular complexity index is 972. The molecule has 0 saturated carbocycles. The summed E-state index contributed by atoms with van der Waals surface area (Å²) in [5, 5.41) is 14.5. The number of amides is 1. The van der Waals surface area contributed by atoms with E-state index in [2.05, 4.69) is 20.7 Å². The van der Waals surface area contributed by atoms with Crippen LogP contribution in [0, 0.1) is 0 Å². The number of tetrazole rings is 1. The number of aromatic nitrogens is 4. The van der Waals surface area contributed by atoms with E-state index in [4.69, 9.17) is 0 Å². The molecule has 0 aliphatic rings. The average Bonchev–Trinajstić information content (AvgIpc) is 3.21. The highest BCUT2D eigenvalue weighted by atomic mass is 19.4. The molecule has 1 amide bonds. The summed E-state index contributed by atoms with van der Waals surface area (Å²) in [4.78, 5) is 13.5. The van der Waals surface area contributed by atoms with E-state index in [-0.39, 0.29) is 23.2 Å². The number of carbonyl (C=O) groups excluding carboxylic acids is 1. The van der Waals surface area contributed by atoms with Gasteiger partial charge in [0.15, 0.2) is 0 Å². The van der Waals surface area contributed by atoms with Crippen molar-refractivity contribution < 1.29 is 18.0 Å². The molecule has 29 heavy (non-hydrogen) atoms. The molecule has 0 radical (unpaired) electrons. The van der Waals surface area contributed by atoms with Crippen LogP contribution in [0.5, 0.6) is 0 Å². The Kier molecular flexibility index (Phi) is 5.95. The molecule has 3 aromatic rings. The minimum Gasteiger partial charge on any atom is -0.354 e. The van der Waals surface area contributed by atoms with Crippen molar-refractivity contribution in [1.82, 2.24) is 25.5 Å². The molecule has 0 bridgehead atoms. The zero-order valence-electron chi connectivity index (χ0n) is 15.9. The summed E-state index contributed by atoms with van der Waals surface area (Å²) in [6, 6.07) is 13.7. The maximum absolute atomic E-state index is 12.9. The quantitative estimate of drug-likeness (QED) is 0.679. The second kappa shape index (κ2) is 8.42. The van der Waals surface area contributed by atoms with Crippen LogP contribution in [0.25, 0.3) is 11.4 Å². The number of carbonyl (C=O) groups is 1. The fourth-order valence-electron chi connectivity index (χ4n) is 2.75. The lowest BCUT2D eigenvalue weighted by atomic mass is 10.0. The van der Waals surface area contributed by atoms with E-state index in [0.717, 1.165) is 22.5 Å². The first-order valence-corrected chi connectivity index (χ1v) is 9.05. The average molecular weight is 403 g/mol. The van der Waals surface area contributed by atoms with Gasteiger partial charge in [0, 0.05) is 12.1 Å². The van der Waals surface area contributed by atoms with E-state index in [1.165, 1.54) is 12.1 Å². The molecule has 0 aliphatic carbocycles. The molecule has 2 aromatic carbocycles. The Morgan fingerprint density at radius 1 is 1.10 bits per heavy atom. The molecule has 152 valence electrons. The van der Waals surface area contributed by atoms with Gasteiger partial charge in [-0.2, -0.15) is 18.0 Å². The lowest BCUT2D eigenvalue weighted by molar-refractivity contribution is -0.137. The van der Waals surface area contributed by atoms with Crippen molar-refractivity contribution in [2.45, 2.75) is 32.0 Å². The van der Waals surface area contributed by atoms with Gasteiger partial charge in [-0.05, 0) is 35.8 Å². The molecule has 0 aliphatic heterocycles. The van der Waals surface area contributed by atoms with Crippen molar-refractivity contribution in [2.24, 2.45) is 0 Å². The number of hydrogen-bond donors (Lipinski definition) is 1. The predicted octanol–water partition coefficient (Wildman–Crippen LogP) is 3.84. The summed E-state index contributed by atoms with van der Waals surface area (Å²) in [5.74, 6) is -0.161. The third-order valence-corrected chi connectivity index (χ3v) is 4.55. The highest BCUT2D eigenvalue weighted by molar-refractivity contribution is 5.79. The Morgan fingerprint density at radius 2 is 1.83 bits per heavy atom. The molecule has 9 heteroatoms. The van der Waals surface area contributed by atoms with E-state index >= 15 is 0 Å². The number of alkyl halides is 3. The van der Waals surface area contributed by atoms with E-state index in [1.807, 2.05) is 37.3 Å². The van der Waals surface area contributed by atoms with Crippen molar-refractivity contribution >= 4 is 5.91 Å². The van der Waals surface area contributed by atoms with Gasteiger partial charge in [0.1, 0.15) is 6.04 Å². The van der Waals surface area contributed by atoms with E-state index < -0.39 is 17.8 Å². The zero-order chi connectivity index (χ0) is 21.0. The molecule has 6 nitrogen and oxygen atoms in total. The van der Waals surface area contributed by atoms with Gasteiger partial charge in [0.25, 0.3) is 0 Å². The van der Waals surface area contributed by atoms with Gasteiger partial charge in [0.2, 0.25) is 11.7 Å². The van der Waals surface area contributed by atoms with Crippen LogP contribution < -0.4 is 5.32 Å². The minimum atomic E-state index is -4.46. The van der Waals surface area contributed by atoms with Gasteiger partial charge in [-0.15, -0.1) is 10.2 Å². The van der Waals surface area contributed by atoms with Crippen molar-refractivity contribution in [3.8, 4) is 11.4 Å². The number of rotatable bonds is 6. The van der Waals surface area contributed by atoms with Gasteiger partial charge in [0.05, 0.1) is 5.56 Å². The largest absolute Gasteiger partial charge is 0.416 e. The summed E-state index contributed by atoms with van der Waals surface area (Å²) in [5.41, 5.74) is 0.481. The molecule has 3 rings (SSSR count). The van der Waals surface area contributed by atoms with Crippen LogP contribution in [0.15, 0.2) is 54.6 Å². The first-order chi connectivity index (χ1) is 13.8. The molecule has 0 saturated heterocycles. The molecular formula is C20H20F3N5O. The van der Waals surface area contributed by atoms with Crippen molar-refractivity contribution in [1.29, 1.82) is 0 Å². The highest BCUT2D eigenvalue weighted by Crippen LogP contribution is 2.31. The topological polar surface area (TPSA) is 72.7 Å². The minimum absolute atomic E-state index is 0.0217. The second-order valence-electron chi connectivity index (χ2n) is 6.74. The summed E-state index contributed by atoms with van der Waals surface area (Å²) in [7, 11) is 0. The van der Waals surface area contributed by atoms with E-state index in [9.17, 15) is 18.0 Å². The monoisotopic (exact) mass is 403 g/mol. The van der Waals surface area contributed by atoms with Crippen LogP contribution in [0.4, 0.5) is 13.2 Å². The van der Waals surface area contributed by atoms with Crippen LogP contribution in [0.2, 0.25) is 0 Å². The number of nitrogens with one attached hydrogen (secondary N) is 1. The smallest absolute Gasteiger partial charge is 0.354 e. The van der Waals surface area contributed by atoms with Crippen LogP contribution in [0.1, 0.15) is 36.9 Å². The summed E-state index contributed by atoms with van der Waals surface area (Å²) >= 11 is 0. The first-order valence-electron chi connectivity index (χ1n) is 9.05. The second-order valence-corrected chi connectivity index (χ2v) is 6.74.